The van der Waals surface area contributed by atoms with Gasteiger partial charge in [0, 0.05) is 11.3 Å². The Morgan fingerprint density at radius 2 is 1.50 bits per heavy atom. The molecule has 4 nitrogen and oxygen atoms in total. The first-order chi connectivity index (χ1) is 10.4. The predicted octanol–water partition coefficient (Wildman–Crippen LogP) is 3.71. The van der Waals surface area contributed by atoms with Gasteiger partial charge in [-0.05, 0) is 56.2 Å². The van der Waals surface area contributed by atoms with Gasteiger partial charge in [-0.3, -0.25) is 10.1 Å². The number of halogens is 1. The third kappa shape index (κ3) is 3.69. The fourth-order valence-electron chi connectivity index (χ4n) is 2.30. The van der Waals surface area contributed by atoms with Crippen LogP contribution < -0.4 is 10.6 Å². The number of hydrogen-bond donors (Lipinski definition) is 2. The molecule has 0 saturated carbocycles. The van der Waals surface area contributed by atoms with Crippen LogP contribution in [0, 0.1) is 26.6 Å². The normalized spacial score (nSPS) is 10.2. The summed E-state index contributed by atoms with van der Waals surface area (Å²) >= 11 is 0. The first kappa shape index (κ1) is 15.7. The number of urea groups is 1. The highest BCUT2D eigenvalue weighted by molar-refractivity contribution is 6.08. The minimum atomic E-state index is -0.621. The lowest BCUT2D eigenvalue weighted by atomic mass is 10.1. The van der Waals surface area contributed by atoms with Crippen molar-refractivity contribution in [2.24, 2.45) is 0 Å². The van der Waals surface area contributed by atoms with Crippen LogP contribution in [0.15, 0.2) is 36.4 Å². The zero-order valence-electron chi connectivity index (χ0n) is 12.7. The Balaban J connectivity index is 2.07. The van der Waals surface area contributed by atoms with Gasteiger partial charge in [-0.2, -0.15) is 0 Å². The average Bonchev–Trinajstić information content (AvgIpc) is 2.43. The number of aryl methyl sites for hydroxylation is 3. The summed E-state index contributed by atoms with van der Waals surface area (Å²) < 4.78 is 12.8. The van der Waals surface area contributed by atoms with Gasteiger partial charge in [-0.15, -0.1) is 0 Å². The van der Waals surface area contributed by atoms with E-state index in [4.69, 9.17) is 0 Å². The molecule has 0 aliphatic rings. The van der Waals surface area contributed by atoms with Crippen molar-refractivity contribution >= 4 is 17.6 Å². The Bertz CT molecular complexity index is 701. The number of anilines is 1. The molecule has 0 aliphatic carbocycles. The molecule has 5 heteroatoms. The molecule has 2 aromatic carbocycles. The SMILES string of the molecule is Cc1cc(C)c(NC(=O)NC(=O)c2ccc(F)cc2)c(C)c1. The molecular formula is C17H17FN2O2. The van der Waals surface area contributed by atoms with Crippen molar-refractivity contribution in [3.63, 3.8) is 0 Å². The highest BCUT2D eigenvalue weighted by Crippen LogP contribution is 2.21. The molecule has 0 radical (unpaired) electrons. The van der Waals surface area contributed by atoms with Crippen molar-refractivity contribution in [2.45, 2.75) is 20.8 Å². The molecule has 0 aromatic heterocycles. The molecule has 2 aromatic rings. The molecule has 0 atom stereocenters. The Morgan fingerprint density at radius 3 is 2.05 bits per heavy atom. The van der Waals surface area contributed by atoms with E-state index in [0.29, 0.717) is 5.69 Å². The minimum Gasteiger partial charge on any atom is -0.307 e. The van der Waals surface area contributed by atoms with E-state index in [-0.39, 0.29) is 5.56 Å². The molecule has 0 spiro atoms. The van der Waals surface area contributed by atoms with Gasteiger partial charge in [0.05, 0.1) is 0 Å². The van der Waals surface area contributed by atoms with Crippen LogP contribution in [0.25, 0.3) is 0 Å². The molecule has 114 valence electrons. The number of carbonyl (C=O) groups is 2. The van der Waals surface area contributed by atoms with Gasteiger partial charge in [-0.1, -0.05) is 17.7 Å². The summed E-state index contributed by atoms with van der Waals surface area (Å²) in [5.74, 6) is -1.02. The Hall–Kier alpha value is -2.69. The van der Waals surface area contributed by atoms with Crippen molar-refractivity contribution in [1.82, 2.24) is 5.32 Å². The number of benzene rings is 2. The van der Waals surface area contributed by atoms with Crippen LogP contribution in [0.3, 0.4) is 0 Å². The van der Waals surface area contributed by atoms with E-state index in [1.54, 1.807) is 0 Å². The third-order valence-corrected chi connectivity index (χ3v) is 3.25. The van der Waals surface area contributed by atoms with Gasteiger partial charge in [0.2, 0.25) is 0 Å². The molecule has 0 unspecified atom stereocenters. The molecule has 0 fully saturated rings. The number of nitrogens with one attached hydrogen (secondary N) is 2. The summed E-state index contributed by atoms with van der Waals surface area (Å²) in [5.41, 5.74) is 3.83. The lowest BCUT2D eigenvalue weighted by Gasteiger charge is -2.13. The minimum absolute atomic E-state index is 0.217. The van der Waals surface area contributed by atoms with E-state index in [9.17, 15) is 14.0 Å². The number of rotatable bonds is 2. The third-order valence-electron chi connectivity index (χ3n) is 3.25. The standard InChI is InChI=1S/C17H17FN2O2/c1-10-8-11(2)15(12(3)9-10)19-17(22)20-16(21)13-4-6-14(18)7-5-13/h4-9H,1-3H3,(H2,19,20,21,22). The second-order valence-electron chi connectivity index (χ2n) is 5.19. The molecule has 2 N–H and O–H groups in total. The Labute approximate surface area is 128 Å². The van der Waals surface area contributed by atoms with Gasteiger partial charge >= 0.3 is 6.03 Å². The van der Waals surface area contributed by atoms with Crippen LogP contribution >= 0.6 is 0 Å². The van der Waals surface area contributed by atoms with E-state index in [0.717, 1.165) is 16.7 Å². The van der Waals surface area contributed by atoms with Crippen LogP contribution in [0.1, 0.15) is 27.0 Å². The molecular weight excluding hydrogens is 283 g/mol. The number of imide groups is 1. The van der Waals surface area contributed by atoms with Crippen molar-refractivity contribution in [1.29, 1.82) is 0 Å². The molecule has 2 rings (SSSR count). The Morgan fingerprint density at radius 1 is 0.955 bits per heavy atom. The summed E-state index contributed by atoms with van der Waals surface area (Å²) in [6.07, 6.45) is 0. The van der Waals surface area contributed by atoms with Crippen LogP contribution in [0.5, 0.6) is 0 Å². The highest BCUT2D eigenvalue weighted by Gasteiger charge is 2.12. The van der Waals surface area contributed by atoms with Gasteiger partial charge in [0.1, 0.15) is 5.82 Å². The molecule has 0 bridgehead atoms. The number of carbonyl (C=O) groups excluding carboxylic acids is 2. The molecule has 3 amide bonds. The molecule has 22 heavy (non-hydrogen) atoms. The van der Waals surface area contributed by atoms with Gasteiger partial charge < -0.3 is 5.32 Å². The van der Waals surface area contributed by atoms with E-state index in [2.05, 4.69) is 10.6 Å². The van der Waals surface area contributed by atoms with Crippen molar-refractivity contribution in [3.05, 3.63) is 64.5 Å². The van der Waals surface area contributed by atoms with Gasteiger partial charge in [-0.25, -0.2) is 9.18 Å². The second-order valence-corrected chi connectivity index (χ2v) is 5.19. The van der Waals surface area contributed by atoms with Crippen molar-refractivity contribution in [2.75, 3.05) is 5.32 Å². The Kier molecular flexibility index (Phi) is 4.56. The van der Waals surface area contributed by atoms with Crippen LogP contribution in [-0.4, -0.2) is 11.9 Å². The number of hydrogen-bond acceptors (Lipinski definition) is 2. The van der Waals surface area contributed by atoms with Crippen LogP contribution in [-0.2, 0) is 0 Å². The lowest BCUT2D eigenvalue weighted by molar-refractivity contribution is 0.0967. The maximum absolute atomic E-state index is 12.8. The summed E-state index contributed by atoms with van der Waals surface area (Å²) in [4.78, 5) is 23.8. The van der Waals surface area contributed by atoms with Gasteiger partial charge in [0.25, 0.3) is 5.91 Å². The maximum Gasteiger partial charge on any atom is 0.326 e. The van der Waals surface area contributed by atoms with Gasteiger partial charge in [0.15, 0.2) is 0 Å². The highest BCUT2D eigenvalue weighted by atomic mass is 19.1. The van der Waals surface area contributed by atoms with Crippen LogP contribution in [0.2, 0.25) is 0 Å². The largest absolute Gasteiger partial charge is 0.326 e. The lowest BCUT2D eigenvalue weighted by Crippen LogP contribution is -2.34. The smallest absolute Gasteiger partial charge is 0.307 e. The number of amides is 3. The van der Waals surface area contributed by atoms with Crippen molar-refractivity contribution in [3.8, 4) is 0 Å². The summed E-state index contributed by atoms with van der Waals surface area (Å²) in [6.45, 7) is 5.75. The first-order valence-corrected chi connectivity index (χ1v) is 6.82. The van der Waals surface area contributed by atoms with Crippen LogP contribution in [0.4, 0.5) is 14.9 Å². The quantitative estimate of drug-likeness (QED) is 0.888. The molecule has 0 heterocycles. The summed E-state index contributed by atoms with van der Waals surface area (Å²) in [5, 5.41) is 4.89. The summed E-state index contributed by atoms with van der Waals surface area (Å²) in [6, 6.07) is 8.25. The monoisotopic (exact) mass is 300 g/mol. The summed E-state index contributed by atoms with van der Waals surface area (Å²) in [7, 11) is 0. The fourth-order valence-corrected chi connectivity index (χ4v) is 2.30. The fraction of sp³-hybridized carbons (Fsp3) is 0.176. The maximum atomic E-state index is 12.8. The van der Waals surface area contributed by atoms with E-state index in [1.165, 1.54) is 24.3 Å². The average molecular weight is 300 g/mol. The zero-order valence-corrected chi connectivity index (χ0v) is 12.7. The van der Waals surface area contributed by atoms with E-state index < -0.39 is 17.8 Å². The topological polar surface area (TPSA) is 58.2 Å². The van der Waals surface area contributed by atoms with E-state index in [1.807, 2.05) is 32.9 Å². The molecule has 0 saturated heterocycles. The van der Waals surface area contributed by atoms with E-state index >= 15 is 0 Å². The zero-order chi connectivity index (χ0) is 16.3. The first-order valence-electron chi connectivity index (χ1n) is 6.82. The van der Waals surface area contributed by atoms with Crippen molar-refractivity contribution < 1.29 is 14.0 Å². The second kappa shape index (κ2) is 6.39. The molecule has 0 aliphatic heterocycles. The predicted molar refractivity (Wildman–Crippen MR) is 83.5 cm³/mol.